The molecule has 0 saturated heterocycles. The molecular formula is C11H13N5OS. The fraction of sp³-hybridized carbons (Fsp3) is 0.182. The maximum absolute atomic E-state index is 11.7. The van der Waals surface area contributed by atoms with Crippen molar-refractivity contribution in [3.05, 3.63) is 30.6 Å². The first kappa shape index (κ1) is 12.4. The maximum Gasteiger partial charge on any atom is 0.234 e. The number of aryl methyl sites for hydroxylation is 1. The first-order valence-corrected chi connectivity index (χ1v) is 6.26. The number of aromatic nitrogens is 3. The number of amides is 1. The zero-order valence-electron chi connectivity index (χ0n) is 9.83. The molecule has 1 aromatic carbocycles. The monoisotopic (exact) mass is 263 g/mol. The summed E-state index contributed by atoms with van der Waals surface area (Å²) in [6, 6.07) is 7.15. The number of carbonyl (C=O) groups is 1. The van der Waals surface area contributed by atoms with Crippen molar-refractivity contribution in [1.82, 2.24) is 14.8 Å². The summed E-state index contributed by atoms with van der Waals surface area (Å²) >= 11 is 1.32. The number of carbonyl (C=O) groups excluding carboxylic acids is 1. The highest BCUT2D eigenvalue weighted by Gasteiger charge is 2.08. The number of hydrogen-bond acceptors (Lipinski definition) is 5. The summed E-state index contributed by atoms with van der Waals surface area (Å²) in [7, 11) is 1.78. The molecule has 0 bridgehead atoms. The van der Waals surface area contributed by atoms with Gasteiger partial charge in [-0.2, -0.15) is 5.10 Å². The lowest BCUT2D eigenvalue weighted by Crippen LogP contribution is -2.15. The lowest BCUT2D eigenvalue weighted by atomic mass is 10.3. The van der Waals surface area contributed by atoms with Crippen LogP contribution in [0.3, 0.4) is 0 Å². The fourth-order valence-electron chi connectivity index (χ4n) is 1.34. The van der Waals surface area contributed by atoms with E-state index in [2.05, 4.69) is 15.4 Å². The first-order valence-electron chi connectivity index (χ1n) is 5.28. The Kier molecular flexibility index (Phi) is 3.83. The minimum atomic E-state index is -0.124. The van der Waals surface area contributed by atoms with E-state index < -0.39 is 0 Å². The van der Waals surface area contributed by atoms with E-state index in [1.54, 1.807) is 23.9 Å². The Balaban J connectivity index is 1.90. The fourth-order valence-corrected chi connectivity index (χ4v) is 2.03. The van der Waals surface area contributed by atoms with Crippen LogP contribution >= 0.6 is 11.8 Å². The van der Waals surface area contributed by atoms with Gasteiger partial charge in [0, 0.05) is 7.05 Å². The van der Waals surface area contributed by atoms with Crippen LogP contribution in [0.4, 0.5) is 11.4 Å². The number of anilines is 2. The number of thioether (sulfide) groups is 1. The summed E-state index contributed by atoms with van der Waals surface area (Å²) < 4.78 is 1.62. The number of para-hydroxylation sites is 2. The Labute approximate surface area is 109 Å². The molecule has 7 heteroatoms. The second-order valence-corrected chi connectivity index (χ2v) is 4.53. The zero-order chi connectivity index (χ0) is 13.0. The van der Waals surface area contributed by atoms with Crippen molar-refractivity contribution in [3.8, 4) is 0 Å². The summed E-state index contributed by atoms with van der Waals surface area (Å²) in [5, 5.41) is 7.38. The molecule has 1 amide bonds. The molecule has 3 N–H and O–H groups in total. The van der Waals surface area contributed by atoms with Gasteiger partial charge in [0.05, 0.1) is 17.1 Å². The van der Waals surface area contributed by atoms with Gasteiger partial charge in [-0.05, 0) is 12.1 Å². The average Bonchev–Trinajstić information content (AvgIpc) is 2.75. The van der Waals surface area contributed by atoms with Gasteiger partial charge in [-0.3, -0.25) is 4.79 Å². The molecule has 0 unspecified atom stereocenters. The number of nitrogens with zero attached hydrogens (tertiary/aromatic N) is 3. The smallest absolute Gasteiger partial charge is 0.234 e. The molecule has 0 radical (unpaired) electrons. The minimum absolute atomic E-state index is 0.124. The van der Waals surface area contributed by atoms with Crippen molar-refractivity contribution in [3.63, 3.8) is 0 Å². The third kappa shape index (κ3) is 3.01. The lowest BCUT2D eigenvalue weighted by molar-refractivity contribution is -0.113. The van der Waals surface area contributed by atoms with Gasteiger partial charge in [0.2, 0.25) is 5.91 Å². The van der Waals surface area contributed by atoms with Gasteiger partial charge >= 0.3 is 0 Å². The standard InChI is InChI=1S/C11H13N5OS/c1-16-11(13-7-14-16)18-6-10(17)15-9-5-3-2-4-8(9)12/h2-5,7H,6,12H2,1H3,(H,15,17). The molecule has 0 saturated carbocycles. The Hall–Kier alpha value is -2.02. The van der Waals surface area contributed by atoms with E-state index in [1.807, 2.05) is 12.1 Å². The second kappa shape index (κ2) is 5.54. The molecular weight excluding hydrogens is 250 g/mol. The van der Waals surface area contributed by atoms with Crippen LogP contribution in [-0.2, 0) is 11.8 Å². The van der Waals surface area contributed by atoms with Crippen molar-refractivity contribution in [2.75, 3.05) is 16.8 Å². The van der Waals surface area contributed by atoms with Gasteiger partial charge in [-0.15, -0.1) is 0 Å². The predicted octanol–water partition coefficient (Wildman–Crippen LogP) is 1.13. The Morgan fingerprint density at radius 1 is 1.50 bits per heavy atom. The summed E-state index contributed by atoms with van der Waals surface area (Å²) in [5.41, 5.74) is 6.91. The van der Waals surface area contributed by atoms with Gasteiger partial charge in [0.25, 0.3) is 0 Å². The predicted molar refractivity (Wildman–Crippen MR) is 71.2 cm³/mol. The Morgan fingerprint density at radius 3 is 2.94 bits per heavy atom. The molecule has 1 heterocycles. The van der Waals surface area contributed by atoms with Crippen molar-refractivity contribution in [2.24, 2.45) is 7.05 Å². The number of rotatable bonds is 4. The Morgan fingerprint density at radius 2 is 2.28 bits per heavy atom. The number of benzene rings is 1. The Bertz CT molecular complexity index is 554. The number of nitrogen functional groups attached to an aromatic ring is 1. The van der Waals surface area contributed by atoms with E-state index in [4.69, 9.17) is 5.73 Å². The molecule has 0 aliphatic carbocycles. The lowest BCUT2D eigenvalue weighted by Gasteiger charge is -2.07. The van der Waals surface area contributed by atoms with Gasteiger partial charge in [-0.25, -0.2) is 9.67 Å². The van der Waals surface area contributed by atoms with Crippen LogP contribution in [0.15, 0.2) is 35.7 Å². The number of nitrogens with one attached hydrogen (secondary N) is 1. The normalized spacial score (nSPS) is 10.3. The molecule has 0 fully saturated rings. The van der Waals surface area contributed by atoms with Crippen molar-refractivity contribution in [2.45, 2.75) is 5.16 Å². The van der Waals surface area contributed by atoms with Crippen molar-refractivity contribution >= 4 is 29.0 Å². The molecule has 0 spiro atoms. The average molecular weight is 263 g/mol. The molecule has 94 valence electrons. The van der Waals surface area contributed by atoms with Gasteiger partial charge < -0.3 is 11.1 Å². The van der Waals surface area contributed by atoms with Crippen LogP contribution in [0.1, 0.15) is 0 Å². The van der Waals surface area contributed by atoms with Crippen LogP contribution in [0.25, 0.3) is 0 Å². The molecule has 0 aliphatic rings. The molecule has 0 atom stereocenters. The van der Waals surface area contributed by atoms with E-state index in [-0.39, 0.29) is 11.7 Å². The van der Waals surface area contributed by atoms with Crippen molar-refractivity contribution < 1.29 is 4.79 Å². The van der Waals surface area contributed by atoms with E-state index in [0.717, 1.165) is 0 Å². The topological polar surface area (TPSA) is 85.8 Å². The molecule has 2 rings (SSSR count). The highest BCUT2D eigenvalue weighted by atomic mass is 32.2. The van der Waals surface area contributed by atoms with E-state index in [1.165, 1.54) is 18.1 Å². The van der Waals surface area contributed by atoms with Gasteiger partial charge in [0.1, 0.15) is 6.33 Å². The highest BCUT2D eigenvalue weighted by molar-refractivity contribution is 7.99. The van der Waals surface area contributed by atoms with Crippen LogP contribution in [0, 0.1) is 0 Å². The van der Waals surface area contributed by atoms with E-state index in [9.17, 15) is 4.79 Å². The van der Waals surface area contributed by atoms with Crippen LogP contribution in [0.2, 0.25) is 0 Å². The highest BCUT2D eigenvalue weighted by Crippen LogP contribution is 2.18. The van der Waals surface area contributed by atoms with E-state index in [0.29, 0.717) is 16.5 Å². The summed E-state index contributed by atoms with van der Waals surface area (Å²) in [6.45, 7) is 0. The molecule has 1 aromatic heterocycles. The molecule has 0 aliphatic heterocycles. The van der Waals surface area contributed by atoms with Crippen molar-refractivity contribution in [1.29, 1.82) is 0 Å². The van der Waals surface area contributed by atoms with Crippen LogP contribution in [0.5, 0.6) is 0 Å². The molecule has 2 aromatic rings. The third-order valence-electron chi connectivity index (χ3n) is 2.24. The largest absolute Gasteiger partial charge is 0.397 e. The summed E-state index contributed by atoms with van der Waals surface area (Å²) in [5.74, 6) is 0.141. The third-order valence-corrected chi connectivity index (χ3v) is 3.27. The maximum atomic E-state index is 11.7. The SMILES string of the molecule is Cn1ncnc1SCC(=O)Nc1ccccc1N. The first-order chi connectivity index (χ1) is 8.66. The quantitative estimate of drug-likeness (QED) is 0.638. The van der Waals surface area contributed by atoms with Crippen LogP contribution < -0.4 is 11.1 Å². The van der Waals surface area contributed by atoms with E-state index >= 15 is 0 Å². The molecule has 6 nitrogen and oxygen atoms in total. The summed E-state index contributed by atoms with van der Waals surface area (Å²) in [4.78, 5) is 15.7. The number of hydrogen-bond donors (Lipinski definition) is 2. The van der Waals surface area contributed by atoms with Gasteiger partial charge in [-0.1, -0.05) is 23.9 Å². The second-order valence-electron chi connectivity index (χ2n) is 3.59. The van der Waals surface area contributed by atoms with Crippen LogP contribution in [-0.4, -0.2) is 26.4 Å². The number of nitrogens with two attached hydrogens (primary N) is 1. The van der Waals surface area contributed by atoms with Gasteiger partial charge in [0.15, 0.2) is 5.16 Å². The zero-order valence-corrected chi connectivity index (χ0v) is 10.6. The molecule has 18 heavy (non-hydrogen) atoms. The summed E-state index contributed by atoms with van der Waals surface area (Å²) in [6.07, 6.45) is 1.45. The minimum Gasteiger partial charge on any atom is -0.397 e.